The van der Waals surface area contributed by atoms with Crippen LogP contribution in [-0.4, -0.2) is 31.4 Å². The fourth-order valence-electron chi connectivity index (χ4n) is 2.49. The summed E-state index contributed by atoms with van der Waals surface area (Å²) in [7, 11) is -3.81. The molecule has 2 aromatic rings. The summed E-state index contributed by atoms with van der Waals surface area (Å²) in [6.45, 7) is 5.03. The molecule has 138 valence electrons. The maximum Gasteiger partial charge on any atom is 0.344 e. The van der Waals surface area contributed by atoms with Gasteiger partial charge < -0.3 is 15.8 Å². The lowest BCUT2D eigenvalue weighted by Gasteiger charge is -2.27. The molecule has 0 aliphatic carbocycles. The molecule has 0 amide bonds. The van der Waals surface area contributed by atoms with Crippen LogP contribution in [0, 0.1) is 0 Å². The minimum absolute atomic E-state index is 0.0875. The second-order valence-corrected chi connectivity index (χ2v) is 7.96. The summed E-state index contributed by atoms with van der Waals surface area (Å²) in [6.07, 6.45) is 3.54. The van der Waals surface area contributed by atoms with E-state index in [9.17, 15) is 8.42 Å². The average molecular weight is 375 g/mol. The first-order valence-electron chi connectivity index (χ1n) is 8.04. The highest BCUT2D eigenvalue weighted by atomic mass is 32.2. The van der Waals surface area contributed by atoms with Gasteiger partial charge in [-0.1, -0.05) is 12.1 Å². The van der Waals surface area contributed by atoms with Gasteiger partial charge in [-0.15, -0.1) is 4.40 Å². The van der Waals surface area contributed by atoms with Crippen LogP contribution in [0.15, 0.2) is 47.1 Å². The summed E-state index contributed by atoms with van der Waals surface area (Å²) in [5.74, 6) is 0.387. The highest BCUT2D eigenvalue weighted by Crippen LogP contribution is 2.30. The number of nitrogens with two attached hydrogens (primary N) is 1. The number of benzene rings is 1. The summed E-state index contributed by atoms with van der Waals surface area (Å²) >= 11 is 0. The van der Waals surface area contributed by atoms with Crippen molar-refractivity contribution in [3.63, 3.8) is 0 Å². The predicted octanol–water partition coefficient (Wildman–Crippen LogP) is 1.40. The van der Waals surface area contributed by atoms with Crippen molar-refractivity contribution in [2.24, 2.45) is 10.1 Å². The average Bonchev–Trinajstić information content (AvgIpc) is 2.58. The maximum atomic E-state index is 11.6. The number of rotatable bonds is 6. The van der Waals surface area contributed by atoms with Crippen LogP contribution in [0.3, 0.4) is 0 Å². The second kappa shape index (κ2) is 6.93. The Labute approximate surface area is 152 Å². The molecule has 8 nitrogen and oxygen atoms in total. The molecule has 0 spiro atoms. The number of nitrogens with one attached hydrogen (secondary N) is 2. The lowest BCUT2D eigenvalue weighted by atomic mass is 10.1. The third-order valence-corrected chi connectivity index (χ3v) is 4.74. The molecule has 2 heterocycles. The topological polar surface area (TPSA) is 119 Å². The molecule has 0 bridgehead atoms. The molecular weight excluding hydrogens is 354 g/mol. The molecule has 0 saturated heterocycles. The van der Waals surface area contributed by atoms with Gasteiger partial charge in [-0.2, -0.15) is 8.42 Å². The van der Waals surface area contributed by atoms with Crippen molar-refractivity contribution in [2.45, 2.75) is 25.9 Å². The van der Waals surface area contributed by atoms with Gasteiger partial charge in [0.05, 0.1) is 11.3 Å². The normalized spacial score (nSPS) is 15.5. The zero-order valence-corrected chi connectivity index (χ0v) is 15.4. The number of hydrogen-bond donors (Lipinski definition) is 3. The molecule has 9 heteroatoms. The summed E-state index contributed by atoms with van der Waals surface area (Å²) < 4.78 is 35.0. The number of nitrogens with zero attached hydrogens (tertiary/aromatic N) is 2. The third kappa shape index (κ3) is 4.30. The van der Waals surface area contributed by atoms with E-state index in [0.717, 1.165) is 5.56 Å². The molecule has 0 atom stereocenters. The number of ether oxygens (including phenoxy) is 1. The molecule has 0 saturated carbocycles. The summed E-state index contributed by atoms with van der Waals surface area (Å²) in [6, 6.07) is 8.93. The van der Waals surface area contributed by atoms with Gasteiger partial charge in [-0.3, -0.25) is 9.71 Å². The molecule has 1 aromatic heterocycles. The van der Waals surface area contributed by atoms with E-state index in [1.165, 1.54) is 0 Å². The quantitative estimate of drug-likeness (QED) is 0.702. The van der Waals surface area contributed by atoms with Gasteiger partial charge >= 0.3 is 10.2 Å². The van der Waals surface area contributed by atoms with Crippen LogP contribution in [0.1, 0.15) is 25.0 Å². The van der Waals surface area contributed by atoms with Crippen LogP contribution in [-0.2, 0) is 16.8 Å². The van der Waals surface area contributed by atoms with Crippen LogP contribution in [0.4, 0.5) is 5.69 Å². The Morgan fingerprint density at radius 1 is 1.27 bits per heavy atom. The standard InChI is InChI=1S/C17H21N5O3S/c1-17(2,20-10-12-5-4-8-19-9-12)11-25-14-7-3-6-13-15(14)16(18)22-26(23,24)21-13/h3-9,20-21H,10-11H2,1-2H3,(H2,18,22). The Morgan fingerprint density at radius 3 is 2.81 bits per heavy atom. The highest BCUT2D eigenvalue weighted by molar-refractivity contribution is 7.91. The van der Waals surface area contributed by atoms with Gasteiger partial charge in [0.15, 0.2) is 5.84 Å². The highest BCUT2D eigenvalue weighted by Gasteiger charge is 2.25. The monoisotopic (exact) mass is 375 g/mol. The van der Waals surface area contributed by atoms with Gasteiger partial charge in [-0.05, 0) is 37.6 Å². The zero-order chi connectivity index (χ0) is 18.8. The summed E-state index contributed by atoms with van der Waals surface area (Å²) in [4.78, 5) is 4.09. The molecule has 0 unspecified atom stereocenters. The zero-order valence-electron chi connectivity index (χ0n) is 14.6. The van der Waals surface area contributed by atoms with Crippen molar-refractivity contribution >= 4 is 21.7 Å². The molecule has 26 heavy (non-hydrogen) atoms. The molecule has 1 aromatic carbocycles. The van der Waals surface area contributed by atoms with Crippen molar-refractivity contribution < 1.29 is 13.2 Å². The van der Waals surface area contributed by atoms with E-state index in [1.54, 1.807) is 30.6 Å². The maximum absolute atomic E-state index is 11.6. The number of aromatic nitrogens is 1. The van der Waals surface area contributed by atoms with Gasteiger partial charge in [0, 0.05) is 24.5 Å². The molecular formula is C17H21N5O3S. The van der Waals surface area contributed by atoms with Crippen molar-refractivity contribution in [3.05, 3.63) is 53.9 Å². The minimum atomic E-state index is -3.81. The van der Waals surface area contributed by atoms with E-state index in [0.29, 0.717) is 30.2 Å². The van der Waals surface area contributed by atoms with Crippen molar-refractivity contribution in [1.29, 1.82) is 0 Å². The van der Waals surface area contributed by atoms with Crippen LogP contribution >= 0.6 is 0 Å². The summed E-state index contributed by atoms with van der Waals surface area (Å²) in [5, 5.41) is 3.41. The number of fused-ring (bicyclic) bond motifs is 1. The number of anilines is 1. The fourth-order valence-corrected chi connectivity index (χ4v) is 3.33. The van der Waals surface area contributed by atoms with Crippen molar-refractivity contribution in [1.82, 2.24) is 10.3 Å². The largest absolute Gasteiger partial charge is 0.491 e. The minimum Gasteiger partial charge on any atom is -0.491 e. The van der Waals surface area contributed by atoms with Crippen LogP contribution in [0.25, 0.3) is 0 Å². The van der Waals surface area contributed by atoms with Crippen molar-refractivity contribution in [2.75, 3.05) is 11.3 Å². The van der Waals surface area contributed by atoms with Gasteiger partial charge in [0.2, 0.25) is 0 Å². The number of amidine groups is 1. The lowest BCUT2D eigenvalue weighted by Crippen LogP contribution is -2.44. The number of hydrogen-bond acceptors (Lipinski definition) is 6. The van der Waals surface area contributed by atoms with E-state index < -0.39 is 10.2 Å². The van der Waals surface area contributed by atoms with E-state index in [-0.39, 0.29) is 11.4 Å². The van der Waals surface area contributed by atoms with E-state index in [2.05, 4.69) is 19.4 Å². The molecule has 3 rings (SSSR count). The van der Waals surface area contributed by atoms with Gasteiger partial charge in [0.1, 0.15) is 12.4 Å². The molecule has 0 radical (unpaired) electrons. The van der Waals surface area contributed by atoms with Crippen LogP contribution < -0.4 is 20.5 Å². The van der Waals surface area contributed by atoms with Gasteiger partial charge in [0.25, 0.3) is 0 Å². The van der Waals surface area contributed by atoms with E-state index in [4.69, 9.17) is 10.5 Å². The molecule has 4 N–H and O–H groups in total. The third-order valence-electron chi connectivity index (χ3n) is 3.82. The van der Waals surface area contributed by atoms with Gasteiger partial charge in [-0.25, -0.2) is 0 Å². The van der Waals surface area contributed by atoms with E-state index in [1.807, 2.05) is 26.0 Å². The van der Waals surface area contributed by atoms with Crippen molar-refractivity contribution in [3.8, 4) is 5.75 Å². The molecule has 1 aliphatic heterocycles. The predicted molar refractivity (Wildman–Crippen MR) is 100 cm³/mol. The first-order valence-corrected chi connectivity index (χ1v) is 9.48. The molecule has 1 aliphatic rings. The number of pyridine rings is 1. The lowest BCUT2D eigenvalue weighted by molar-refractivity contribution is 0.207. The Hall–Kier alpha value is -2.65. The summed E-state index contributed by atoms with van der Waals surface area (Å²) in [5.41, 5.74) is 7.37. The fraction of sp³-hybridized carbons (Fsp3) is 0.294. The second-order valence-electron chi connectivity index (χ2n) is 6.62. The van der Waals surface area contributed by atoms with Crippen LogP contribution in [0.5, 0.6) is 5.75 Å². The first-order chi connectivity index (χ1) is 12.3. The Morgan fingerprint density at radius 2 is 2.08 bits per heavy atom. The SMILES string of the molecule is CC(C)(COc1cccc2c1C(N)=NS(=O)(=O)N2)NCc1cccnc1. The Bertz CT molecular complexity index is 927. The first kappa shape index (κ1) is 18.2. The Kier molecular flexibility index (Phi) is 4.84. The smallest absolute Gasteiger partial charge is 0.344 e. The molecule has 0 fully saturated rings. The Balaban J connectivity index is 1.70. The van der Waals surface area contributed by atoms with Crippen LogP contribution in [0.2, 0.25) is 0 Å². The van der Waals surface area contributed by atoms with E-state index >= 15 is 0 Å².